The number of anilines is 2. The first-order valence-corrected chi connectivity index (χ1v) is 13.1. The van der Waals surface area contributed by atoms with Gasteiger partial charge in [0.05, 0.1) is 4.75 Å². The molecular formula is C24H41N3O2S. The van der Waals surface area contributed by atoms with E-state index in [0.29, 0.717) is 5.92 Å². The van der Waals surface area contributed by atoms with Gasteiger partial charge in [0.1, 0.15) is 0 Å². The molecule has 2 atom stereocenters. The lowest BCUT2D eigenvalue weighted by molar-refractivity contribution is 0.322. The van der Waals surface area contributed by atoms with Crippen LogP contribution in [0.3, 0.4) is 0 Å². The van der Waals surface area contributed by atoms with Gasteiger partial charge < -0.3 is 10.2 Å². The zero-order valence-corrected chi connectivity index (χ0v) is 20.3. The SMILES string of the molecule is CC1CC(C)CN(c2ccc(NCC3CCC(NS(=O)(=O)C(C)(C)C)CC3)cc2)C1. The van der Waals surface area contributed by atoms with Crippen LogP contribution in [0.5, 0.6) is 0 Å². The van der Waals surface area contributed by atoms with E-state index in [0.717, 1.165) is 57.2 Å². The summed E-state index contributed by atoms with van der Waals surface area (Å²) in [7, 11) is -3.26. The van der Waals surface area contributed by atoms with Gasteiger partial charge in [-0.05, 0) is 94.9 Å². The average Bonchev–Trinajstić information content (AvgIpc) is 2.66. The quantitative estimate of drug-likeness (QED) is 0.670. The molecule has 30 heavy (non-hydrogen) atoms. The maximum Gasteiger partial charge on any atom is 0.216 e. The summed E-state index contributed by atoms with van der Waals surface area (Å²) in [6.45, 7) is 13.2. The van der Waals surface area contributed by atoms with E-state index in [1.54, 1.807) is 20.8 Å². The van der Waals surface area contributed by atoms with E-state index in [2.05, 4.69) is 53.1 Å². The molecule has 1 heterocycles. The Hall–Kier alpha value is -1.27. The van der Waals surface area contributed by atoms with Gasteiger partial charge >= 0.3 is 0 Å². The highest BCUT2D eigenvalue weighted by Crippen LogP contribution is 2.29. The minimum atomic E-state index is -3.26. The lowest BCUT2D eigenvalue weighted by Crippen LogP contribution is -2.46. The summed E-state index contributed by atoms with van der Waals surface area (Å²) in [6, 6.07) is 8.96. The van der Waals surface area contributed by atoms with Crippen LogP contribution in [-0.2, 0) is 10.0 Å². The lowest BCUT2D eigenvalue weighted by atomic mass is 9.86. The first kappa shape index (κ1) is 23.4. The molecule has 6 heteroatoms. The molecule has 0 aromatic heterocycles. The summed E-state index contributed by atoms with van der Waals surface area (Å²) in [4.78, 5) is 2.52. The minimum Gasteiger partial charge on any atom is -0.385 e. The maximum atomic E-state index is 12.4. The second-order valence-corrected chi connectivity index (χ2v) is 13.2. The molecule has 1 saturated heterocycles. The van der Waals surface area contributed by atoms with Crippen LogP contribution in [0.2, 0.25) is 0 Å². The molecule has 2 unspecified atom stereocenters. The van der Waals surface area contributed by atoms with Crippen molar-refractivity contribution in [3.63, 3.8) is 0 Å². The van der Waals surface area contributed by atoms with Crippen molar-refractivity contribution >= 4 is 21.4 Å². The third kappa shape index (κ3) is 6.13. The van der Waals surface area contributed by atoms with Crippen molar-refractivity contribution in [1.29, 1.82) is 0 Å². The van der Waals surface area contributed by atoms with E-state index >= 15 is 0 Å². The number of benzene rings is 1. The molecule has 3 rings (SSSR count). The number of nitrogens with zero attached hydrogens (tertiary/aromatic N) is 1. The fourth-order valence-corrected chi connectivity index (χ4v) is 5.83. The Morgan fingerprint density at radius 1 is 0.967 bits per heavy atom. The van der Waals surface area contributed by atoms with E-state index < -0.39 is 14.8 Å². The number of nitrogens with one attached hydrogen (secondary N) is 2. The molecular weight excluding hydrogens is 394 g/mol. The van der Waals surface area contributed by atoms with Crippen LogP contribution in [0.4, 0.5) is 11.4 Å². The van der Waals surface area contributed by atoms with E-state index in [-0.39, 0.29) is 6.04 Å². The minimum absolute atomic E-state index is 0.0825. The number of hydrogen-bond donors (Lipinski definition) is 2. The molecule has 1 aromatic rings. The molecule has 0 bridgehead atoms. The van der Waals surface area contributed by atoms with Crippen molar-refractivity contribution in [2.24, 2.45) is 17.8 Å². The van der Waals surface area contributed by atoms with Crippen LogP contribution in [0.15, 0.2) is 24.3 Å². The van der Waals surface area contributed by atoms with E-state index in [4.69, 9.17) is 0 Å². The Labute approximate surface area is 184 Å². The Bertz CT molecular complexity index is 768. The third-order valence-electron chi connectivity index (χ3n) is 6.67. The predicted molar refractivity (Wildman–Crippen MR) is 128 cm³/mol. The molecule has 2 fully saturated rings. The first-order chi connectivity index (χ1) is 14.0. The zero-order valence-electron chi connectivity index (χ0n) is 19.4. The molecule has 1 aromatic carbocycles. The van der Waals surface area contributed by atoms with Gasteiger partial charge in [-0.1, -0.05) is 13.8 Å². The first-order valence-electron chi connectivity index (χ1n) is 11.6. The lowest BCUT2D eigenvalue weighted by Gasteiger charge is -2.36. The third-order valence-corrected chi connectivity index (χ3v) is 8.93. The van der Waals surface area contributed by atoms with Crippen molar-refractivity contribution in [1.82, 2.24) is 4.72 Å². The molecule has 1 saturated carbocycles. The van der Waals surface area contributed by atoms with Crippen LogP contribution in [-0.4, -0.2) is 38.8 Å². The van der Waals surface area contributed by atoms with Gasteiger partial charge in [0.25, 0.3) is 0 Å². The van der Waals surface area contributed by atoms with Crippen LogP contribution < -0.4 is 14.9 Å². The monoisotopic (exact) mass is 435 g/mol. The summed E-state index contributed by atoms with van der Waals surface area (Å²) >= 11 is 0. The fraction of sp³-hybridized carbons (Fsp3) is 0.750. The predicted octanol–water partition coefficient (Wildman–Crippen LogP) is 4.86. The molecule has 0 amide bonds. The molecule has 170 valence electrons. The largest absolute Gasteiger partial charge is 0.385 e. The van der Waals surface area contributed by atoms with Crippen LogP contribution >= 0.6 is 0 Å². The topological polar surface area (TPSA) is 61.4 Å². The van der Waals surface area contributed by atoms with Crippen molar-refractivity contribution in [2.75, 3.05) is 29.9 Å². The van der Waals surface area contributed by atoms with Gasteiger partial charge in [-0.2, -0.15) is 0 Å². The number of sulfonamides is 1. The molecule has 5 nitrogen and oxygen atoms in total. The van der Waals surface area contributed by atoms with Gasteiger partial charge in [-0.3, -0.25) is 0 Å². The van der Waals surface area contributed by atoms with Gasteiger partial charge in [0.2, 0.25) is 10.0 Å². The van der Waals surface area contributed by atoms with Crippen LogP contribution in [0, 0.1) is 17.8 Å². The molecule has 0 spiro atoms. The Balaban J connectivity index is 1.44. The summed E-state index contributed by atoms with van der Waals surface area (Å²) in [5.41, 5.74) is 2.50. The van der Waals surface area contributed by atoms with Crippen molar-refractivity contribution < 1.29 is 8.42 Å². The summed E-state index contributed by atoms with van der Waals surface area (Å²) in [5.74, 6) is 2.12. The number of piperidine rings is 1. The molecule has 2 N–H and O–H groups in total. The normalized spacial score (nSPS) is 28.4. The maximum absolute atomic E-state index is 12.4. The average molecular weight is 436 g/mol. The van der Waals surface area contributed by atoms with Crippen LogP contribution in [0.1, 0.15) is 66.7 Å². The highest BCUT2D eigenvalue weighted by atomic mass is 32.2. The second kappa shape index (κ2) is 9.47. The van der Waals surface area contributed by atoms with Crippen molar-refractivity contribution in [3.05, 3.63) is 24.3 Å². The Kier molecular flexibility index (Phi) is 7.39. The zero-order chi connectivity index (χ0) is 21.9. The summed E-state index contributed by atoms with van der Waals surface area (Å²) < 4.78 is 26.9. The van der Waals surface area contributed by atoms with Gasteiger partial charge in [-0.25, -0.2) is 13.1 Å². The highest BCUT2D eigenvalue weighted by Gasteiger charge is 2.32. The summed E-state index contributed by atoms with van der Waals surface area (Å²) in [6.07, 6.45) is 5.30. The molecule has 0 radical (unpaired) electrons. The number of rotatable bonds is 6. The van der Waals surface area contributed by atoms with Crippen LogP contribution in [0.25, 0.3) is 0 Å². The molecule has 2 aliphatic rings. The Morgan fingerprint density at radius 2 is 1.53 bits per heavy atom. The number of hydrogen-bond acceptors (Lipinski definition) is 4. The Morgan fingerprint density at radius 3 is 2.07 bits per heavy atom. The second-order valence-electron chi connectivity index (χ2n) is 10.7. The standard InChI is InChI=1S/C24H41N3O2S/c1-18-14-19(2)17-27(16-18)23-12-10-21(11-13-23)25-15-20-6-8-22(9-7-20)26-30(28,29)24(3,4)5/h10-13,18-20,22,25-26H,6-9,14-17H2,1-5H3. The van der Waals surface area contributed by atoms with E-state index in [9.17, 15) is 8.42 Å². The van der Waals surface area contributed by atoms with Crippen molar-refractivity contribution in [2.45, 2.75) is 77.5 Å². The smallest absolute Gasteiger partial charge is 0.216 e. The van der Waals surface area contributed by atoms with E-state index in [1.807, 2.05) is 0 Å². The molecule has 1 aliphatic heterocycles. The van der Waals surface area contributed by atoms with Gasteiger partial charge in [0, 0.05) is 37.1 Å². The fourth-order valence-electron chi connectivity index (χ4n) is 4.81. The molecule has 1 aliphatic carbocycles. The van der Waals surface area contributed by atoms with Gasteiger partial charge in [-0.15, -0.1) is 0 Å². The summed E-state index contributed by atoms with van der Waals surface area (Å²) in [5, 5.41) is 3.59. The van der Waals surface area contributed by atoms with E-state index in [1.165, 1.54) is 17.8 Å². The van der Waals surface area contributed by atoms with Crippen molar-refractivity contribution in [3.8, 4) is 0 Å². The highest BCUT2D eigenvalue weighted by molar-refractivity contribution is 7.90. The van der Waals surface area contributed by atoms with Gasteiger partial charge in [0.15, 0.2) is 0 Å².